The molecule has 16 heavy (non-hydrogen) atoms. The normalized spacial score (nSPS) is 17.8. The quantitative estimate of drug-likeness (QED) is 0.808. The summed E-state index contributed by atoms with van der Waals surface area (Å²) in [6.07, 6.45) is 3.20. The van der Waals surface area contributed by atoms with E-state index in [2.05, 4.69) is 5.16 Å². The van der Waals surface area contributed by atoms with E-state index in [4.69, 9.17) is 9.63 Å². The van der Waals surface area contributed by atoms with E-state index in [0.717, 1.165) is 12.8 Å². The first-order chi connectivity index (χ1) is 7.72. The van der Waals surface area contributed by atoms with Gasteiger partial charge >= 0.3 is 0 Å². The second-order valence-electron chi connectivity index (χ2n) is 4.21. The van der Waals surface area contributed by atoms with Crippen molar-refractivity contribution in [3.8, 4) is 0 Å². The highest BCUT2D eigenvalue weighted by Crippen LogP contribution is 2.19. The van der Waals surface area contributed by atoms with Crippen LogP contribution < -0.4 is 0 Å². The predicted molar refractivity (Wildman–Crippen MR) is 57.0 cm³/mol. The van der Waals surface area contributed by atoms with E-state index in [1.54, 1.807) is 11.8 Å². The zero-order chi connectivity index (χ0) is 11.5. The molecular formula is C11H16N2O3. The Morgan fingerprint density at radius 2 is 2.31 bits per heavy atom. The van der Waals surface area contributed by atoms with Gasteiger partial charge in [0.05, 0.1) is 6.20 Å². The molecule has 0 aliphatic carbocycles. The first-order valence-electron chi connectivity index (χ1n) is 5.53. The third-order valence-electron chi connectivity index (χ3n) is 3.14. The number of hydrogen-bond acceptors (Lipinski definition) is 4. The lowest BCUT2D eigenvalue weighted by molar-refractivity contribution is 0.0649. The molecule has 0 atom stereocenters. The largest absolute Gasteiger partial charge is 0.396 e. The van der Waals surface area contributed by atoms with E-state index in [1.807, 2.05) is 0 Å². The minimum Gasteiger partial charge on any atom is -0.396 e. The van der Waals surface area contributed by atoms with Gasteiger partial charge in [0, 0.05) is 19.7 Å². The molecule has 5 heteroatoms. The summed E-state index contributed by atoms with van der Waals surface area (Å²) in [5.41, 5.74) is 0.544. The molecule has 1 aromatic heterocycles. The van der Waals surface area contributed by atoms with Crippen LogP contribution in [0.3, 0.4) is 0 Å². The Balaban J connectivity index is 2.00. The van der Waals surface area contributed by atoms with Gasteiger partial charge < -0.3 is 14.5 Å². The SMILES string of the molecule is Cc1oncc1C(=O)N1CCC(CO)CC1. The van der Waals surface area contributed by atoms with Crippen LogP contribution in [0.5, 0.6) is 0 Å². The van der Waals surface area contributed by atoms with Gasteiger partial charge in [0.1, 0.15) is 11.3 Å². The molecule has 0 radical (unpaired) electrons. The average Bonchev–Trinajstić information content (AvgIpc) is 2.75. The van der Waals surface area contributed by atoms with E-state index < -0.39 is 0 Å². The van der Waals surface area contributed by atoms with Crippen LogP contribution in [-0.4, -0.2) is 40.8 Å². The topological polar surface area (TPSA) is 66.6 Å². The molecule has 1 amide bonds. The van der Waals surface area contributed by atoms with Gasteiger partial charge in [-0.05, 0) is 25.7 Å². The Labute approximate surface area is 94.0 Å². The summed E-state index contributed by atoms with van der Waals surface area (Å²) in [5, 5.41) is 12.6. The molecule has 1 aliphatic rings. The molecule has 0 saturated carbocycles. The van der Waals surface area contributed by atoms with Gasteiger partial charge in [-0.15, -0.1) is 0 Å². The summed E-state index contributed by atoms with van der Waals surface area (Å²) in [7, 11) is 0. The first kappa shape index (κ1) is 11.1. The molecule has 0 bridgehead atoms. The summed E-state index contributed by atoms with van der Waals surface area (Å²) < 4.78 is 4.88. The van der Waals surface area contributed by atoms with Gasteiger partial charge in [-0.3, -0.25) is 4.79 Å². The monoisotopic (exact) mass is 224 g/mol. The van der Waals surface area contributed by atoms with Crippen molar-refractivity contribution in [3.05, 3.63) is 17.5 Å². The molecule has 88 valence electrons. The van der Waals surface area contributed by atoms with Crippen LogP contribution in [0.25, 0.3) is 0 Å². The number of amides is 1. The predicted octanol–water partition coefficient (Wildman–Crippen LogP) is 0.828. The van der Waals surface area contributed by atoms with E-state index in [1.165, 1.54) is 6.20 Å². The Morgan fingerprint density at radius 3 is 2.81 bits per heavy atom. The summed E-state index contributed by atoms with van der Waals surface area (Å²) in [5.74, 6) is 0.886. The Hall–Kier alpha value is -1.36. The van der Waals surface area contributed by atoms with Crippen molar-refractivity contribution in [1.82, 2.24) is 10.1 Å². The fraction of sp³-hybridized carbons (Fsp3) is 0.636. The average molecular weight is 224 g/mol. The Kier molecular flexibility index (Phi) is 3.24. The number of piperidine rings is 1. The highest BCUT2D eigenvalue weighted by molar-refractivity contribution is 5.94. The summed E-state index contributed by atoms with van der Waals surface area (Å²) in [6.45, 7) is 3.36. The van der Waals surface area contributed by atoms with Crippen molar-refractivity contribution in [1.29, 1.82) is 0 Å². The molecule has 1 saturated heterocycles. The number of hydrogen-bond donors (Lipinski definition) is 1. The van der Waals surface area contributed by atoms with Gasteiger partial charge in [0.15, 0.2) is 0 Å². The van der Waals surface area contributed by atoms with Crippen LogP contribution in [0.4, 0.5) is 0 Å². The molecule has 1 aromatic rings. The number of aliphatic hydroxyl groups excluding tert-OH is 1. The fourth-order valence-electron chi connectivity index (χ4n) is 1.99. The van der Waals surface area contributed by atoms with Crippen molar-refractivity contribution in [3.63, 3.8) is 0 Å². The van der Waals surface area contributed by atoms with Crippen molar-refractivity contribution in [2.45, 2.75) is 19.8 Å². The van der Waals surface area contributed by atoms with Crippen LogP contribution in [0.15, 0.2) is 10.7 Å². The molecule has 1 N–H and O–H groups in total. The minimum atomic E-state index is -0.0184. The van der Waals surface area contributed by atoms with Crippen LogP contribution in [0.1, 0.15) is 29.0 Å². The molecule has 2 rings (SSSR count). The van der Waals surface area contributed by atoms with Gasteiger partial charge in [0.25, 0.3) is 5.91 Å². The van der Waals surface area contributed by atoms with E-state index in [9.17, 15) is 4.79 Å². The van der Waals surface area contributed by atoms with Crippen molar-refractivity contribution < 1.29 is 14.4 Å². The van der Waals surface area contributed by atoms with Crippen LogP contribution in [0.2, 0.25) is 0 Å². The summed E-state index contributed by atoms with van der Waals surface area (Å²) in [6, 6.07) is 0. The molecule has 2 heterocycles. The van der Waals surface area contributed by atoms with Crippen LogP contribution >= 0.6 is 0 Å². The molecule has 1 fully saturated rings. The second-order valence-corrected chi connectivity index (χ2v) is 4.21. The minimum absolute atomic E-state index is 0.0184. The number of carbonyl (C=O) groups is 1. The maximum absolute atomic E-state index is 12.0. The Morgan fingerprint density at radius 1 is 1.62 bits per heavy atom. The zero-order valence-electron chi connectivity index (χ0n) is 9.35. The van der Waals surface area contributed by atoms with E-state index >= 15 is 0 Å². The number of rotatable bonds is 2. The second kappa shape index (κ2) is 4.65. The lowest BCUT2D eigenvalue weighted by Gasteiger charge is -2.30. The lowest BCUT2D eigenvalue weighted by atomic mass is 9.97. The summed E-state index contributed by atoms with van der Waals surface area (Å²) in [4.78, 5) is 13.8. The number of aryl methyl sites for hydroxylation is 1. The molecule has 5 nitrogen and oxygen atoms in total. The van der Waals surface area contributed by atoms with Gasteiger partial charge in [0.2, 0.25) is 0 Å². The van der Waals surface area contributed by atoms with Crippen molar-refractivity contribution in [2.24, 2.45) is 5.92 Å². The molecule has 0 aromatic carbocycles. The third-order valence-corrected chi connectivity index (χ3v) is 3.14. The standard InChI is InChI=1S/C11H16N2O3/c1-8-10(6-12-16-8)11(15)13-4-2-9(7-14)3-5-13/h6,9,14H,2-5,7H2,1H3. The lowest BCUT2D eigenvalue weighted by Crippen LogP contribution is -2.39. The number of aliphatic hydroxyl groups is 1. The van der Waals surface area contributed by atoms with Gasteiger partial charge in [-0.25, -0.2) is 0 Å². The van der Waals surface area contributed by atoms with E-state index in [0.29, 0.717) is 30.3 Å². The van der Waals surface area contributed by atoms with Crippen molar-refractivity contribution in [2.75, 3.05) is 19.7 Å². The molecule has 1 aliphatic heterocycles. The number of likely N-dealkylation sites (tertiary alicyclic amines) is 1. The van der Waals surface area contributed by atoms with Crippen molar-refractivity contribution >= 4 is 5.91 Å². The Bertz CT molecular complexity index is 367. The highest BCUT2D eigenvalue weighted by Gasteiger charge is 2.25. The van der Waals surface area contributed by atoms with E-state index in [-0.39, 0.29) is 12.5 Å². The van der Waals surface area contributed by atoms with Crippen LogP contribution in [-0.2, 0) is 0 Å². The zero-order valence-corrected chi connectivity index (χ0v) is 9.35. The summed E-state index contributed by atoms with van der Waals surface area (Å²) >= 11 is 0. The molecular weight excluding hydrogens is 208 g/mol. The number of aromatic nitrogens is 1. The van der Waals surface area contributed by atoms with Gasteiger partial charge in [-0.1, -0.05) is 5.16 Å². The first-order valence-corrected chi connectivity index (χ1v) is 5.53. The number of carbonyl (C=O) groups excluding carboxylic acids is 1. The third kappa shape index (κ3) is 2.09. The smallest absolute Gasteiger partial charge is 0.259 e. The number of nitrogens with zero attached hydrogens (tertiary/aromatic N) is 2. The fourth-order valence-corrected chi connectivity index (χ4v) is 1.99. The highest BCUT2D eigenvalue weighted by atomic mass is 16.5. The maximum Gasteiger partial charge on any atom is 0.259 e. The molecule has 0 spiro atoms. The molecule has 0 unspecified atom stereocenters. The van der Waals surface area contributed by atoms with Gasteiger partial charge in [-0.2, -0.15) is 0 Å². The van der Waals surface area contributed by atoms with Crippen LogP contribution in [0, 0.1) is 12.8 Å². The maximum atomic E-state index is 12.0.